The smallest absolute Gasteiger partial charge is 0.225 e. The molecular formula is C73H102ClN15O7. The van der Waals surface area contributed by atoms with Gasteiger partial charge in [-0.25, -0.2) is 19.9 Å². The molecule has 0 unspecified atom stereocenters. The van der Waals surface area contributed by atoms with Crippen molar-refractivity contribution in [2.75, 3.05) is 60.8 Å². The minimum absolute atomic E-state index is 0.169. The zero-order valence-corrected chi connectivity index (χ0v) is 60.0. The number of halogens is 1. The second-order valence-corrected chi connectivity index (χ2v) is 25.8. The summed E-state index contributed by atoms with van der Waals surface area (Å²) in [7, 11) is 6.52. The molecule has 8 aromatic rings. The number of hydrogen-bond acceptors (Lipinski definition) is 22. The van der Waals surface area contributed by atoms with Crippen molar-refractivity contribution in [1.29, 1.82) is 0 Å². The fourth-order valence-electron chi connectivity index (χ4n) is 10.9. The van der Waals surface area contributed by atoms with Crippen LogP contribution in [0.15, 0.2) is 73.2 Å². The fraction of sp³-hybridized carbons (Fsp3) is 0.507. The number of hydrogen-bond donors (Lipinski definition) is 6. The molecule has 0 saturated heterocycles. The molecule has 0 fully saturated rings. The van der Waals surface area contributed by atoms with Crippen LogP contribution < -0.4 is 51.3 Å². The average Bonchev–Trinajstić information content (AvgIpc) is 0.806. The number of carbonyl (C=O) groups is 3. The third kappa shape index (κ3) is 23.0. The van der Waals surface area contributed by atoms with Crippen molar-refractivity contribution >= 4 is 97.3 Å². The van der Waals surface area contributed by atoms with Crippen LogP contribution in [0.1, 0.15) is 195 Å². The molecule has 0 bridgehead atoms. The first-order valence-electron chi connectivity index (χ1n) is 33.6. The zero-order valence-electron chi connectivity index (χ0n) is 59.2. The molecule has 0 aliphatic carbocycles. The SMILES string of the molecule is CCCC[C@](C)(CCC(C)=O)Nc1nc(N)nc2cc(CC)cnc12.CCCC[C@](C)(CCC(C)=O)Nc1nc(NCc2ccc(OC)cc2OC)nc2cc(CC)cnc12.CCCC[C@](C)(CCC(C)=O)Nc1nc(NCc2ccc(OC)cc2OC)nc2cc(Cl)cnc12. The van der Waals surface area contributed by atoms with Crippen LogP contribution in [-0.4, -0.2) is 107 Å². The van der Waals surface area contributed by atoms with E-state index in [0.29, 0.717) is 89.9 Å². The number of carbonyl (C=O) groups excluding carboxylic acids is 3. The Morgan fingerprint density at radius 2 is 0.833 bits per heavy atom. The van der Waals surface area contributed by atoms with Gasteiger partial charge in [-0.2, -0.15) is 15.0 Å². The van der Waals surface area contributed by atoms with Crippen LogP contribution in [0.25, 0.3) is 33.1 Å². The van der Waals surface area contributed by atoms with E-state index in [1.165, 1.54) is 0 Å². The molecule has 0 saturated carbocycles. The van der Waals surface area contributed by atoms with Crippen LogP contribution >= 0.6 is 11.6 Å². The molecule has 518 valence electrons. The average molecular weight is 1340 g/mol. The number of ketones is 3. The number of ether oxygens (including phenoxy) is 4. The fourth-order valence-corrected chi connectivity index (χ4v) is 11.1. The topological polar surface area (TPSA) is 290 Å². The number of benzene rings is 2. The van der Waals surface area contributed by atoms with Gasteiger partial charge in [0.05, 0.1) is 50.0 Å². The highest BCUT2D eigenvalue weighted by Gasteiger charge is 2.29. The van der Waals surface area contributed by atoms with Crippen molar-refractivity contribution in [3.05, 3.63) is 100 Å². The molecule has 0 aliphatic heterocycles. The van der Waals surface area contributed by atoms with Gasteiger partial charge in [-0.05, 0) is 147 Å². The lowest BCUT2D eigenvalue weighted by molar-refractivity contribution is -0.118. The van der Waals surface area contributed by atoms with Crippen molar-refractivity contribution in [2.24, 2.45) is 0 Å². The zero-order chi connectivity index (χ0) is 70.0. The summed E-state index contributed by atoms with van der Waals surface area (Å²) >= 11 is 6.22. The number of pyridine rings is 3. The van der Waals surface area contributed by atoms with Crippen LogP contribution in [0.3, 0.4) is 0 Å². The first-order chi connectivity index (χ1) is 45.9. The summed E-state index contributed by atoms with van der Waals surface area (Å²) in [6.45, 7) is 22.9. The van der Waals surface area contributed by atoms with Gasteiger partial charge in [0, 0.05) is 90.8 Å². The van der Waals surface area contributed by atoms with Gasteiger partial charge in [-0.15, -0.1) is 0 Å². The maximum atomic E-state index is 11.8. The Morgan fingerprint density at radius 1 is 0.469 bits per heavy atom. The van der Waals surface area contributed by atoms with Gasteiger partial charge in [0.15, 0.2) is 17.5 Å². The second kappa shape index (κ2) is 36.9. The minimum atomic E-state index is -0.319. The van der Waals surface area contributed by atoms with Gasteiger partial charge in [0.1, 0.15) is 56.9 Å². The lowest BCUT2D eigenvalue weighted by Crippen LogP contribution is -2.36. The number of fused-ring (bicyclic) bond motifs is 3. The van der Waals surface area contributed by atoms with Crippen molar-refractivity contribution < 1.29 is 33.3 Å². The van der Waals surface area contributed by atoms with Crippen molar-refractivity contribution in [2.45, 2.75) is 215 Å². The van der Waals surface area contributed by atoms with Gasteiger partial charge >= 0.3 is 0 Å². The normalized spacial score (nSPS) is 13.0. The van der Waals surface area contributed by atoms with E-state index >= 15 is 0 Å². The molecule has 2 aromatic carbocycles. The summed E-state index contributed by atoms with van der Waals surface area (Å²) < 4.78 is 21.6. The molecule has 0 spiro atoms. The van der Waals surface area contributed by atoms with E-state index in [1.807, 2.05) is 54.9 Å². The highest BCUT2D eigenvalue weighted by atomic mass is 35.5. The molecule has 23 heteroatoms. The number of nitrogen functional groups attached to an aromatic ring is 1. The maximum Gasteiger partial charge on any atom is 0.225 e. The van der Waals surface area contributed by atoms with Crippen molar-refractivity contribution in [3.8, 4) is 23.0 Å². The van der Waals surface area contributed by atoms with Crippen molar-refractivity contribution in [3.63, 3.8) is 0 Å². The third-order valence-corrected chi connectivity index (χ3v) is 17.2. The predicted molar refractivity (Wildman–Crippen MR) is 388 cm³/mol. The Balaban J connectivity index is 0.000000232. The number of methoxy groups -OCH3 is 4. The Morgan fingerprint density at radius 3 is 1.19 bits per heavy atom. The van der Waals surface area contributed by atoms with Crippen LogP contribution in [-0.2, 0) is 40.3 Å². The number of nitrogens with zero attached hydrogens (tertiary/aromatic N) is 9. The lowest BCUT2D eigenvalue weighted by Gasteiger charge is -2.32. The molecule has 0 amide bonds. The van der Waals surface area contributed by atoms with Gasteiger partial charge < -0.3 is 65.6 Å². The predicted octanol–water partition coefficient (Wildman–Crippen LogP) is 15.9. The summed E-state index contributed by atoms with van der Waals surface area (Å²) in [4.78, 5) is 76.4. The minimum Gasteiger partial charge on any atom is -0.497 e. The summed E-state index contributed by atoms with van der Waals surface area (Å²) in [6.07, 6.45) is 20.0. The van der Waals surface area contributed by atoms with E-state index in [0.717, 1.165) is 145 Å². The van der Waals surface area contributed by atoms with E-state index in [-0.39, 0.29) is 39.9 Å². The molecular weight excluding hydrogens is 1230 g/mol. The van der Waals surface area contributed by atoms with E-state index in [1.54, 1.807) is 61.5 Å². The van der Waals surface area contributed by atoms with Crippen LogP contribution in [0.4, 0.5) is 35.3 Å². The number of nitrogens with two attached hydrogens (primary N) is 1. The van der Waals surface area contributed by atoms with Gasteiger partial charge in [0.25, 0.3) is 0 Å². The molecule has 8 rings (SSSR count). The van der Waals surface area contributed by atoms with E-state index in [4.69, 9.17) is 56.2 Å². The largest absolute Gasteiger partial charge is 0.497 e. The molecule has 6 heterocycles. The summed E-state index contributed by atoms with van der Waals surface area (Å²) in [5, 5.41) is 17.9. The number of Topliss-reactive ketones (excluding diaryl/α,β-unsaturated/α-hetero) is 3. The van der Waals surface area contributed by atoms with Gasteiger partial charge in [0.2, 0.25) is 17.8 Å². The van der Waals surface area contributed by atoms with Crippen molar-refractivity contribution in [1.82, 2.24) is 44.9 Å². The first kappa shape index (κ1) is 76.2. The van der Waals surface area contributed by atoms with Crippen LogP contribution in [0.5, 0.6) is 23.0 Å². The van der Waals surface area contributed by atoms with E-state index < -0.39 is 0 Å². The van der Waals surface area contributed by atoms with E-state index in [9.17, 15) is 14.4 Å². The molecule has 0 radical (unpaired) electrons. The third-order valence-electron chi connectivity index (χ3n) is 17.0. The maximum absolute atomic E-state index is 11.8. The monoisotopic (exact) mass is 1340 g/mol. The molecule has 0 aliphatic rings. The molecule has 7 N–H and O–H groups in total. The molecule has 22 nitrogen and oxygen atoms in total. The van der Waals surface area contributed by atoms with E-state index in [2.05, 4.69) is 113 Å². The molecule has 96 heavy (non-hydrogen) atoms. The highest BCUT2D eigenvalue weighted by molar-refractivity contribution is 6.31. The van der Waals surface area contributed by atoms with Gasteiger partial charge in [-0.1, -0.05) is 84.7 Å². The van der Waals surface area contributed by atoms with Gasteiger partial charge in [-0.3, -0.25) is 9.97 Å². The number of anilines is 6. The number of nitrogens with one attached hydrogen (secondary N) is 5. The first-order valence-corrected chi connectivity index (χ1v) is 34.0. The number of unbranched alkanes of at least 4 members (excludes halogenated alkanes) is 3. The quantitative estimate of drug-likeness (QED) is 0.0213. The molecule has 6 aromatic heterocycles. The lowest BCUT2D eigenvalue weighted by atomic mass is 9.89. The number of rotatable bonds is 36. The summed E-state index contributed by atoms with van der Waals surface area (Å²) in [6, 6.07) is 17.2. The summed E-state index contributed by atoms with van der Waals surface area (Å²) in [5.74, 6) is 6.54. The Kier molecular flexibility index (Phi) is 29.3. The Hall–Kier alpha value is -8.79. The summed E-state index contributed by atoms with van der Waals surface area (Å²) in [5.41, 5.74) is 13.4. The Labute approximate surface area is 572 Å². The Bertz CT molecular complexity index is 3880. The highest BCUT2D eigenvalue weighted by Crippen LogP contribution is 2.35. The van der Waals surface area contributed by atoms with Crippen LogP contribution in [0, 0.1) is 0 Å². The molecule has 3 atom stereocenters. The second-order valence-electron chi connectivity index (χ2n) is 25.4. The number of aromatic nitrogens is 9. The standard InChI is InChI=1S/C28H39N5O3.C26H34ClN5O3.C19H29N5O/c1-7-9-13-28(4,14-12-19(3)34)33-26-25-23(15-20(8-2)17-29-25)31-27(32-26)30-18-21-10-11-22(35-5)16-24(21)36-6;1-6-7-11-26(3,12-10-17(2)33)32-24-23-21(13-19(27)16-28-23)30-25(31-24)29-15-18-8-9-20(34-4)14-22(18)35-5;1-5-7-9-19(4,10-8-13(3)25)24-17-16-15(22-18(20)23-17)11-14(6-2)12-21-16/h10-11,15-17H,7-9,12-14,18H2,1-6H3,(H2,30,31,32,33);8-9,13-14,16H,6-7,10-12,15H2,1-5H3,(H2,29,30,31,32);11-12H,5-10H2,1-4H3,(H3,20,22,23,24)/t28-;26-;19-/m111/s1. The van der Waals surface area contributed by atoms with Crippen LogP contribution in [0.2, 0.25) is 5.02 Å². The number of aryl methyl sites for hydroxylation is 2.